The van der Waals surface area contributed by atoms with Crippen molar-refractivity contribution in [3.05, 3.63) is 42.5 Å². The second-order valence-corrected chi connectivity index (χ2v) is 4.47. The van der Waals surface area contributed by atoms with Crippen LogP contribution in [0.5, 0.6) is 5.75 Å². The summed E-state index contributed by atoms with van der Waals surface area (Å²) in [6, 6.07) is 5.30. The summed E-state index contributed by atoms with van der Waals surface area (Å²) >= 11 is 0. The van der Waals surface area contributed by atoms with Crippen LogP contribution in [0.3, 0.4) is 0 Å². The molecule has 0 aliphatic heterocycles. The molecular formula is C14H16F2O2. The van der Waals surface area contributed by atoms with E-state index in [-0.39, 0.29) is 5.56 Å². The Balaban J connectivity index is 3.16. The van der Waals surface area contributed by atoms with Crippen molar-refractivity contribution in [1.82, 2.24) is 0 Å². The van der Waals surface area contributed by atoms with Crippen LogP contribution in [-0.4, -0.2) is 16.8 Å². The van der Waals surface area contributed by atoms with Gasteiger partial charge in [-0.05, 0) is 18.1 Å². The lowest BCUT2D eigenvalue weighted by Crippen LogP contribution is -2.39. The van der Waals surface area contributed by atoms with Gasteiger partial charge in [-0.25, -0.2) is 0 Å². The van der Waals surface area contributed by atoms with Crippen LogP contribution >= 0.6 is 0 Å². The van der Waals surface area contributed by atoms with E-state index in [0.29, 0.717) is 0 Å². The average Bonchev–Trinajstić information content (AvgIpc) is 2.28. The molecule has 1 aromatic carbocycles. The van der Waals surface area contributed by atoms with E-state index in [1.807, 2.05) is 0 Å². The molecule has 18 heavy (non-hydrogen) atoms. The smallest absolute Gasteiger partial charge is 0.316 e. The van der Waals surface area contributed by atoms with Crippen LogP contribution in [0.25, 0.3) is 0 Å². The molecule has 98 valence electrons. The number of phenols is 1. The van der Waals surface area contributed by atoms with Gasteiger partial charge in [0, 0.05) is 0 Å². The highest BCUT2D eigenvalue weighted by Gasteiger charge is 2.47. The van der Waals surface area contributed by atoms with Gasteiger partial charge in [-0.1, -0.05) is 32.1 Å². The molecular weight excluding hydrogens is 238 g/mol. The van der Waals surface area contributed by atoms with Gasteiger partial charge in [0.2, 0.25) is 5.78 Å². The van der Waals surface area contributed by atoms with Gasteiger partial charge in [0.25, 0.3) is 0 Å². The molecule has 1 aromatic rings. The summed E-state index contributed by atoms with van der Waals surface area (Å²) in [6.45, 7) is 6.54. The third-order valence-electron chi connectivity index (χ3n) is 2.84. The maximum Gasteiger partial charge on any atom is 0.316 e. The van der Waals surface area contributed by atoms with Crippen LogP contribution in [0.2, 0.25) is 0 Å². The minimum atomic E-state index is -3.57. The summed E-state index contributed by atoms with van der Waals surface area (Å²) in [5.74, 6) is -7.07. The number of allylic oxidation sites excluding steroid dienone is 1. The van der Waals surface area contributed by atoms with Gasteiger partial charge < -0.3 is 5.11 Å². The number of carbonyl (C=O) groups is 1. The zero-order chi connectivity index (χ0) is 13.9. The van der Waals surface area contributed by atoms with Gasteiger partial charge in [-0.15, -0.1) is 6.58 Å². The van der Waals surface area contributed by atoms with Gasteiger partial charge in [0.1, 0.15) is 5.75 Å². The SMILES string of the molecule is C=C[C@@H](C(C)C)C(F)(F)C(=O)c1ccccc1O. The van der Waals surface area contributed by atoms with Crippen LogP contribution in [0, 0.1) is 11.8 Å². The molecule has 0 aliphatic rings. The molecule has 4 heteroatoms. The normalized spacial score (nSPS) is 13.4. The number of rotatable bonds is 5. The highest BCUT2D eigenvalue weighted by Crippen LogP contribution is 2.36. The highest BCUT2D eigenvalue weighted by atomic mass is 19.3. The molecule has 0 fully saturated rings. The molecule has 0 bridgehead atoms. The Labute approximate surface area is 105 Å². The molecule has 1 rings (SSSR count). The molecule has 1 N–H and O–H groups in total. The molecule has 0 aliphatic carbocycles. The topological polar surface area (TPSA) is 37.3 Å². The van der Waals surface area contributed by atoms with Gasteiger partial charge in [0.05, 0.1) is 11.5 Å². The molecule has 0 spiro atoms. The molecule has 0 heterocycles. The van der Waals surface area contributed by atoms with E-state index in [9.17, 15) is 18.7 Å². The van der Waals surface area contributed by atoms with Gasteiger partial charge in [-0.2, -0.15) is 8.78 Å². The van der Waals surface area contributed by atoms with Crippen molar-refractivity contribution in [2.24, 2.45) is 11.8 Å². The number of benzene rings is 1. The fourth-order valence-corrected chi connectivity index (χ4v) is 1.84. The predicted molar refractivity (Wildman–Crippen MR) is 65.9 cm³/mol. The van der Waals surface area contributed by atoms with Crippen LogP contribution < -0.4 is 0 Å². The Hall–Kier alpha value is -1.71. The van der Waals surface area contributed by atoms with E-state index in [1.165, 1.54) is 24.3 Å². The van der Waals surface area contributed by atoms with Crippen LogP contribution in [0.4, 0.5) is 8.78 Å². The van der Waals surface area contributed by atoms with E-state index in [4.69, 9.17) is 0 Å². The number of alkyl halides is 2. The van der Waals surface area contributed by atoms with Crippen molar-refractivity contribution < 1.29 is 18.7 Å². The predicted octanol–water partition coefficient (Wildman–Crippen LogP) is 3.67. The molecule has 0 aromatic heterocycles. The van der Waals surface area contributed by atoms with Gasteiger partial charge >= 0.3 is 5.92 Å². The lowest BCUT2D eigenvalue weighted by atomic mass is 9.85. The summed E-state index contributed by atoms with van der Waals surface area (Å²) in [5, 5.41) is 9.46. The Kier molecular flexibility index (Phi) is 4.22. The van der Waals surface area contributed by atoms with Crippen LogP contribution in [-0.2, 0) is 0 Å². The number of hydrogen-bond donors (Lipinski definition) is 1. The second-order valence-electron chi connectivity index (χ2n) is 4.47. The standard InChI is InChI=1S/C14H16F2O2/c1-4-11(9(2)3)14(15,16)13(18)10-7-5-6-8-12(10)17/h4-9,11,17H,1H2,2-3H3/t11-/m0/s1. The van der Waals surface area contributed by atoms with Gasteiger partial charge in [0.15, 0.2) is 0 Å². The third-order valence-corrected chi connectivity index (χ3v) is 2.84. The fourth-order valence-electron chi connectivity index (χ4n) is 1.84. The monoisotopic (exact) mass is 254 g/mol. The van der Waals surface area contributed by atoms with Crippen LogP contribution in [0.1, 0.15) is 24.2 Å². The summed E-state index contributed by atoms with van der Waals surface area (Å²) in [5.41, 5.74) is -0.366. The minimum absolute atomic E-state index is 0.366. The summed E-state index contributed by atoms with van der Waals surface area (Å²) < 4.78 is 28.1. The van der Waals surface area contributed by atoms with E-state index < -0.39 is 29.3 Å². The molecule has 0 unspecified atom stereocenters. The quantitative estimate of drug-likeness (QED) is 0.643. The Bertz CT molecular complexity index is 453. The van der Waals surface area contributed by atoms with Crippen molar-refractivity contribution >= 4 is 5.78 Å². The molecule has 0 saturated heterocycles. The zero-order valence-corrected chi connectivity index (χ0v) is 10.4. The molecule has 0 radical (unpaired) electrons. The number of para-hydroxylation sites is 1. The number of Topliss-reactive ketones (excluding diaryl/α,β-unsaturated/α-hetero) is 1. The Morgan fingerprint density at radius 1 is 1.39 bits per heavy atom. The Morgan fingerprint density at radius 3 is 2.39 bits per heavy atom. The van der Waals surface area contributed by atoms with Crippen molar-refractivity contribution in [2.75, 3.05) is 0 Å². The number of phenolic OH excluding ortho intramolecular Hbond substituents is 1. The number of aromatic hydroxyl groups is 1. The van der Waals surface area contributed by atoms with Crippen molar-refractivity contribution in [1.29, 1.82) is 0 Å². The van der Waals surface area contributed by atoms with E-state index in [1.54, 1.807) is 13.8 Å². The lowest BCUT2D eigenvalue weighted by molar-refractivity contribution is -0.0293. The number of hydrogen-bond acceptors (Lipinski definition) is 2. The van der Waals surface area contributed by atoms with Crippen molar-refractivity contribution in [3.8, 4) is 5.75 Å². The molecule has 0 saturated carbocycles. The summed E-state index contributed by atoms with van der Waals surface area (Å²) in [7, 11) is 0. The Morgan fingerprint density at radius 2 is 1.94 bits per heavy atom. The maximum atomic E-state index is 14.1. The zero-order valence-electron chi connectivity index (χ0n) is 10.4. The molecule has 0 amide bonds. The minimum Gasteiger partial charge on any atom is -0.507 e. The average molecular weight is 254 g/mol. The first-order valence-corrected chi connectivity index (χ1v) is 5.65. The molecule has 1 atom stereocenters. The third kappa shape index (κ3) is 2.58. The second kappa shape index (κ2) is 5.29. The van der Waals surface area contributed by atoms with E-state index in [0.717, 1.165) is 6.08 Å². The summed E-state index contributed by atoms with van der Waals surface area (Å²) in [4.78, 5) is 11.8. The first-order valence-electron chi connectivity index (χ1n) is 5.65. The van der Waals surface area contributed by atoms with Gasteiger partial charge in [-0.3, -0.25) is 4.79 Å². The van der Waals surface area contributed by atoms with E-state index in [2.05, 4.69) is 6.58 Å². The molecule has 2 nitrogen and oxygen atoms in total. The van der Waals surface area contributed by atoms with Crippen molar-refractivity contribution in [3.63, 3.8) is 0 Å². The largest absolute Gasteiger partial charge is 0.507 e. The first kappa shape index (κ1) is 14.4. The number of halogens is 2. The highest BCUT2D eigenvalue weighted by molar-refractivity contribution is 6.03. The summed E-state index contributed by atoms with van der Waals surface area (Å²) in [6.07, 6.45) is 1.09. The first-order chi connectivity index (χ1) is 8.32. The maximum absolute atomic E-state index is 14.1. The number of ketones is 1. The van der Waals surface area contributed by atoms with E-state index >= 15 is 0 Å². The van der Waals surface area contributed by atoms with Crippen LogP contribution in [0.15, 0.2) is 36.9 Å². The lowest BCUT2D eigenvalue weighted by Gasteiger charge is -2.26. The number of carbonyl (C=O) groups excluding carboxylic acids is 1. The fraction of sp³-hybridized carbons (Fsp3) is 0.357. The van der Waals surface area contributed by atoms with Crippen molar-refractivity contribution in [2.45, 2.75) is 19.8 Å².